The Balaban J connectivity index is 1.93. The molecular formula is C17H11BrF2N2. The Kier molecular flexibility index (Phi) is 2.78. The molecular weight excluding hydrogens is 350 g/mol. The second-order valence-electron chi connectivity index (χ2n) is 5.41. The lowest BCUT2D eigenvalue weighted by molar-refractivity contribution is 0.0480. The number of aromatic nitrogens is 2. The number of alkyl halides is 2. The Morgan fingerprint density at radius 3 is 2.41 bits per heavy atom. The second-order valence-corrected chi connectivity index (χ2v) is 6.32. The molecule has 0 saturated heterocycles. The fourth-order valence-electron chi connectivity index (χ4n) is 2.93. The van der Waals surface area contributed by atoms with E-state index in [0.29, 0.717) is 21.2 Å². The maximum atomic E-state index is 14.8. The normalized spacial score (nSPS) is 14.7. The lowest BCUT2D eigenvalue weighted by Crippen LogP contribution is -2.11. The molecule has 4 rings (SSSR count). The molecule has 1 aromatic heterocycles. The molecule has 0 aliphatic heterocycles. The predicted octanol–water partition coefficient (Wildman–Crippen LogP) is 5.27. The first-order valence-corrected chi connectivity index (χ1v) is 7.61. The van der Waals surface area contributed by atoms with E-state index in [0.717, 1.165) is 11.5 Å². The number of hydrogen-bond acceptors (Lipinski definition) is 1. The van der Waals surface area contributed by atoms with Crippen LogP contribution < -0.4 is 0 Å². The maximum Gasteiger partial charge on any atom is 0.299 e. The van der Waals surface area contributed by atoms with Gasteiger partial charge in [-0.15, -0.1) is 0 Å². The van der Waals surface area contributed by atoms with E-state index in [1.165, 1.54) is 6.07 Å². The highest BCUT2D eigenvalue weighted by Crippen LogP contribution is 2.52. The van der Waals surface area contributed by atoms with Crippen molar-refractivity contribution < 1.29 is 8.78 Å². The summed E-state index contributed by atoms with van der Waals surface area (Å²) < 4.78 is 30.2. The minimum Gasteiger partial charge on any atom is -0.342 e. The summed E-state index contributed by atoms with van der Waals surface area (Å²) in [4.78, 5) is 7.20. The standard InChI is InChI=1S/C17H11BrF2N2/c1-9-21-8-16(22-9)10-2-4-12-13-5-3-11(18)7-15(13)17(19,20)14(12)6-10/h2-8H,1H3,(H,21,22). The molecule has 2 nitrogen and oxygen atoms in total. The van der Waals surface area contributed by atoms with Gasteiger partial charge in [-0.2, -0.15) is 8.78 Å². The van der Waals surface area contributed by atoms with Crippen molar-refractivity contribution in [1.29, 1.82) is 0 Å². The van der Waals surface area contributed by atoms with Crippen LogP contribution in [0.15, 0.2) is 47.1 Å². The number of rotatable bonds is 1. The fraction of sp³-hybridized carbons (Fsp3) is 0.118. The molecule has 0 fully saturated rings. The van der Waals surface area contributed by atoms with Crippen LogP contribution in [0.5, 0.6) is 0 Å². The number of nitrogens with one attached hydrogen (secondary N) is 1. The summed E-state index contributed by atoms with van der Waals surface area (Å²) in [6, 6.07) is 10.2. The van der Waals surface area contributed by atoms with Crippen LogP contribution in [-0.2, 0) is 5.92 Å². The largest absolute Gasteiger partial charge is 0.342 e. The summed E-state index contributed by atoms with van der Waals surface area (Å²) in [6.07, 6.45) is 1.66. The number of fused-ring (bicyclic) bond motifs is 3. The highest BCUT2D eigenvalue weighted by Gasteiger charge is 2.44. The minimum atomic E-state index is -2.99. The number of H-pyrrole nitrogens is 1. The number of aromatic amines is 1. The van der Waals surface area contributed by atoms with E-state index in [-0.39, 0.29) is 11.1 Å². The van der Waals surface area contributed by atoms with E-state index in [2.05, 4.69) is 25.9 Å². The molecule has 0 amide bonds. The summed E-state index contributed by atoms with van der Waals surface area (Å²) in [6.45, 7) is 1.83. The first-order chi connectivity index (χ1) is 10.5. The zero-order valence-corrected chi connectivity index (χ0v) is 13.2. The average Bonchev–Trinajstić information content (AvgIpc) is 3.01. The first-order valence-electron chi connectivity index (χ1n) is 6.81. The quantitative estimate of drug-likeness (QED) is 0.629. The Morgan fingerprint density at radius 2 is 1.73 bits per heavy atom. The molecule has 5 heteroatoms. The van der Waals surface area contributed by atoms with Crippen LogP contribution in [0.1, 0.15) is 17.0 Å². The van der Waals surface area contributed by atoms with E-state index in [1.54, 1.807) is 30.5 Å². The van der Waals surface area contributed by atoms with Gasteiger partial charge < -0.3 is 4.98 Å². The molecule has 1 N–H and O–H groups in total. The molecule has 22 heavy (non-hydrogen) atoms. The van der Waals surface area contributed by atoms with Crippen LogP contribution in [0.25, 0.3) is 22.4 Å². The highest BCUT2D eigenvalue weighted by atomic mass is 79.9. The number of nitrogens with zero attached hydrogens (tertiary/aromatic N) is 1. The molecule has 0 radical (unpaired) electrons. The van der Waals surface area contributed by atoms with Crippen LogP contribution in [0.3, 0.4) is 0 Å². The lowest BCUT2D eigenvalue weighted by Gasteiger charge is -2.13. The van der Waals surface area contributed by atoms with Gasteiger partial charge in [-0.1, -0.05) is 34.1 Å². The van der Waals surface area contributed by atoms with Crippen molar-refractivity contribution in [1.82, 2.24) is 9.97 Å². The molecule has 0 spiro atoms. The third kappa shape index (κ3) is 1.85. The molecule has 2 aromatic carbocycles. The van der Waals surface area contributed by atoms with Crippen LogP contribution in [-0.4, -0.2) is 9.97 Å². The van der Waals surface area contributed by atoms with Gasteiger partial charge in [0.15, 0.2) is 0 Å². The van der Waals surface area contributed by atoms with Gasteiger partial charge in [0.1, 0.15) is 5.82 Å². The van der Waals surface area contributed by atoms with E-state index in [4.69, 9.17) is 0 Å². The molecule has 110 valence electrons. The average molecular weight is 361 g/mol. The summed E-state index contributed by atoms with van der Waals surface area (Å²) in [5.41, 5.74) is 2.74. The van der Waals surface area contributed by atoms with Crippen LogP contribution >= 0.6 is 15.9 Å². The van der Waals surface area contributed by atoms with Crippen molar-refractivity contribution in [2.45, 2.75) is 12.8 Å². The summed E-state index contributed by atoms with van der Waals surface area (Å²) in [5, 5.41) is 0. The van der Waals surface area contributed by atoms with Crippen LogP contribution in [0.4, 0.5) is 8.78 Å². The van der Waals surface area contributed by atoms with Crippen LogP contribution in [0, 0.1) is 6.92 Å². The molecule has 0 atom stereocenters. The van der Waals surface area contributed by atoms with E-state index in [1.807, 2.05) is 13.0 Å². The number of aryl methyl sites for hydroxylation is 1. The molecule has 0 bridgehead atoms. The second kappa shape index (κ2) is 4.49. The van der Waals surface area contributed by atoms with E-state index in [9.17, 15) is 8.78 Å². The Bertz CT molecular complexity index is 899. The van der Waals surface area contributed by atoms with Gasteiger partial charge in [0, 0.05) is 21.2 Å². The lowest BCUT2D eigenvalue weighted by atomic mass is 10.0. The van der Waals surface area contributed by atoms with Gasteiger partial charge in [-0.25, -0.2) is 4.98 Å². The monoisotopic (exact) mass is 360 g/mol. The van der Waals surface area contributed by atoms with Gasteiger partial charge in [-0.3, -0.25) is 0 Å². The fourth-order valence-corrected chi connectivity index (χ4v) is 3.29. The third-order valence-corrected chi connectivity index (χ3v) is 4.48. The minimum absolute atomic E-state index is 0.0466. The molecule has 1 aliphatic rings. The molecule has 0 saturated carbocycles. The Hall–Kier alpha value is -2.01. The number of imidazole rings is 1. The summed E-state index contributed by atoms with van der Waals surface area (Å²) in [7, 11) is 0. The molecule has 3 aromatic rings. The molecule has 1 heterocycles. The highest BCUT2D eigenvalue weighted by molar-refractivity contribution is 9.10. The number of halogens is 3. The SMILES string of the molecule is Cc1ncc(-c2ccc3c(c2)C(F)(F)c2cc(Br)ccc2-3)[nH]1. The van der Waals surface area contributed by atoms with Crippen molar-refractivity contribution in [2.24, 2.45) is 0 Å². The maximum absolute atomic E-state index is 14.8. The molecule has 0 unspecified atom stereocenters. The van der Waals surface area contributed by atoms with Crippen molar-refractivity contribution in [3.05, 3.63) is 64.0 Å². The zero-order chi connectivity index (χ0) is 15.5. The van der Waals surface area contributed by atoms with Crippen molar-refractivity contribution >= 4 is 15.9 Å². The Morgan fingerprint density at radius 1 is 1.05 bits per heavy atom. The zero-order valence-electron chi connectivity index (χ0n) is 11.6. The summed E-state index contributed by atoms with van der Waals surface area (Å²) in [5.74, 6) is -2.23. The van der Waals surface area contributed by atoms with Crippen molar-refractivity contribution in [2.75, 3.05) is 0 Å². The van der Waals surface area contributed by atoms with Gasteiger partial charge in [0.25, 0.3) is 5.92 Å². The van der Waals surface area contributed by atoms with Gasteiger partial charge in [0.2, 0.25) is 0 Å². The van der Waals surface area contributed by atoms with Crippen molar-refractivity contribution in [3.63, 3.8) is 0 Å². The Labute approximate surface area is 134 Å². The smallest absolute Gasteiger partial charge is 0.299 e. The first kappa shape index (κ1) is 13.6. The third-order valence-electron chi connectivity index (χ3n) is 3.98. The van der Waals surface area contributed by atoms with Gasteiger partial charge in [-0.05, 0) is 36.2 Å². The van der Waals surface area contributed by atoms with Crippen LogP contribution in [0.2, 0.25) is 0 Å². The van der Waals surface area contributed by atoms with E-state index < -0.39 is 5.92 Å². The van der Waals surface area contributed by atoms with E-state index >= 15 is 0 Å². The van der Waals surface area contributed by atoms with Gasteiger partial charge in [0.05, 0.1) is 11.9 Å². The number of hydrogen-bond donors (Lipinski definition) is 1. The topological polar surface area (TPSA) is 28.7 Å². The molecule has 1 aliphatic carbocycles. The van der Waals surface area contributed by atoms with Gasteiger partial charge >= 0.3 is 0 Å². The number of benzene rings is 2. The predicted molar refractivity (Wildman–Crippen MR) is 84.9 cm³/mol. The summed E-state index contributed by atoms with van der Waals surface area (Å²) >= 11 is 3.27. The van der Waals surface area contributed by atoms with Crippen molar-refractivity contribution in [3.8, 4) is 22.4 Å².